The summed E-state index contributed by atoms with van der Waals surface area (Å²) in [5.41, 5.74) is 0. The summed E-state index contributed by atoms with van der Waals surface area (Å²) in [5.74, 6) is 0. The molecule has 1 fully saturated rings. The first-order chi connectivity index (χ1) is 16.3. The van der Waals surface area contributed by atoms with Crippen molar-refractivity contribution in [1.82, 2.24) is 0 Å². The van der Waals surface area contributed by atoms with Gasteiger partial charge in [0.05, 0.1) is 26.4 Å². The molecule has 0 aromatic heterocycles. The Balaban J connectivity index is 2.60. The van der Waals surface area contributed by atoms with Crippen molar-refractivity contribution in [2.45, 2.75) is 85.8 Å². The van der Waals surface area contributed by atoms with Gasteiger partial charge in [0, 0.05) is 0 Å². The summed E-state index contributed by atoms with van der Waals surface area (Å²) in [6.07, 6.45) is -27.2. The fourth-order valence-electron chi connectivity index (χ4n) is 3.09. The van der Waals surface area contributed by atoms with Crippen LogP contribution in [0.2, 0.25) is 0 Å². The normalized spacial score (nSPS) is 32.1. The molecule has 0 radical (unpaired) electrons. The van der Waals surface area contributed by atoms with E-state index >= 15 is 0 Å². The number of aliphatic hydroxyl groups is 14. The Morgan fingerprint density at radius 1 is 0.629 bits per heavy atom. The third kappa shape index (κ3) is 8.69. The number of hydrogen-bond acceptors (Lipinski definition) is 17. The molecule has 0 saturated carbocycles. The Kier molecular flexibility index (Phi) is 13.8. The summed E-state index contributed by atoms with van der Waals surface area (Å²) in [7, 11) is 0. The molecule has 2 unspecified atom stereocenters. The number of hydrogen-bond donors (Lipinski definition) is 14. The molecule has 17 heteroatoms. The van der Waals surface area contributed by atoms with Crippen LogP contribution in [0.25, 0.3) is 0 Å². The first kappa shape index (κ1) is 32.3. The molecular formula is C18H36O17. The van der Waals surface area contributed by atoms with Gasteiger partial charge in [-0.2, -0.15) is 0 Å². The average Bonchev–Trinajstić information content (AvgIpc) is 2.86. The minimum absolute atomic E-state index is 0.531. The lowest BCUT2D eigenvalue weighted by molar-refractivity contribution is -0.284. The van der Waals surface area contributed by atoms with E-state index in [-0.39, 0.29) is 0 Å². The first-order valence-corrected chi connectivity index (χ1v) is 10.6. The summed E-state index contributed by atoms with van der Waals surface area (Å²) in [4.78, 5) is 0. The lowest BCUT2D eigenvalue weighted by Gasteiger charge is -2.39. The lowest BCUT2D eigenvalue weighted by atomic mass is 9.99. The Morgan fingerprint density at radius 2 is 1.09 bits per heavy atom. The molecule has 35 heavy (non-hydrogen) atoms. The Morgan fingerprint density at radius 3 is 1.54 bits per heavy atom. The van der Waals surface area contributed by atoms with Crippen molar-refractivity contribution in [3.8, 4) is 0 Å². The van der Waals surface area contributed by atoms with Crippen LogP contribution in [-0.2, 0) is 14.2 Å². The van der Waals surface area contributed by atoms with Crippen LogP contribution in [0.5, 0.6) is 0 Å². The molecule has 0 aliphatic carbocycles. The topological polar surface area (TPSA) is 311 Å². The highest BCUT2D eigenvalue weighted by molar-refractivity contribution is 4.90. The second-order valence-electron chi connectivity index (χ2n) is 8.09. The van der Waals surface area contributed by atoms with E-state index in [9.17, 15) is 61.3 Å². The van der Waals surface area contributed by atoms with Crippen LogP contribution in [0.4, 0.5) is 0 Å². The predicted molar refractivity (Wildman–Crippen MR) is 107 cm³/mol. The van der Waals surface area contributed by atoms with Crippen LogP contribution in [0, 0.1) is 0 Å². The summed E-state index contributed by atoms with van der Waals surface area (Å²) in [6.45, 7) is -3.11. The number of aliphatic hydroxyl groups excluding tert-OH is 14. The molecule has 1 aliphatic rings. The van der Waals surface area contributed by atoms with Gasteiger partial charge < -0.3 is 85.7 Å². The zero-order valence-electron chi connectivity index (χ0n) is 18.4. The van der Waals surface area contributed by atoms with Gasteiger partial charge in [-0.25, -0.2) is 0 Å². The van der Waals surface area contributed by atoms with Crippen LogP contribution in [0.15, 0.2) is 0 Å². The van der Waals surface area contributed by atoms with Crippen molar-refractivity contribution < 1.29 is 85.7 Å². The maximum atomic E-state index is 10.2. The minimum atomic E-state index is -2.24. The van der Waals surface area contributed by atoms with E-state index in [0.717, 1.165) is 0 Å². The van der Waals surface area contributed by atoms with Crippen molar-refractivity contribution in [1.29, 1.82) is 0 Å². The summed E-state index contributed by atoms with van der Waals surface area (Å²) < 4.78 is 15.0. The maximum absolute atomic E-state index is 10.2. The highest BCUT2D eigenvalue weighted by Crippen LogP contribution is 2.22. The molecule has 14 atom stereocenters. The zero-order chi connectivity index (χ0) is 27.0. The Bertz CT molecular complexity index is 583. The number of ether oxygens (including phenoxy) is 3. The van der Waals surface area contributed by atoms with E-state index in [1.807, 2.05) is 0 Å². The molecule has 0 bridgehead atoms. The standard InChI is InChI=1S/C18H36O17/c19-1-5(21)9(23)13(27)15(29)17(31)34-3-7-11(25)12(26)8(4-33-7)35-18(32)16(30)14(28)10(24)6(22)2-20/h5-32H,1-4H2/t5-,6-,7-,8+,9-,10-,11-,12-,13+,14+,15-,16-,17?,18?/m1/s1. The molecule has 1 rings (SSSR count). The average molecular weight is 524 g/mol. The fourth-order valence-corrected chi connectivity index (χ4v) is 3.09. The monoisotopic (exact) mass is 524 g/mol. The molecule has 210 valence electrons. The van der Waals surface area contributed by atoms with E-state index in [2.05, 4.69) is 0 Å². The van der Waals surface area contributed by atoms with Gasteiger partial charge in [0.25, 0.3) is 0 Å². The Labute approximate surface area is 198 Å². The van der Waals surface area contributed by atoms with Crippen LogP contribution in [-0.4, -0.2) is 184 Å². The molecule has 0 amide bonds. The lowest BCUT2D eigenvalue weighted by Crippen LogP contribution is -2.58. The van der Waals surface area contributed by atoms with Crippen LogP contribution < -0.4 is 0 Å². The smallest absolute Gasteiger partial charge is 0.184 e. The quantitative estimate of drug-likeness (QED) is 0.0884. The van der Waals surface area contributed by atoms with Crippen LogP contribution in [0.3, 0.4) is 0 Å². The molecule has 14 N–H and O–H groups in total. The minimum Gasteiger partial charge on any atom is -0.394 e. The summed E-state index contributed by atoms with van der Waals surface area (Å²) >= 11 is 0. The highest BCUT2D eigenvalue weighted by atomic mass is 16.7. The fraction of sp³-hybridized carbons (Fsp3) is 1.00. The molecule has 0 spiro atoms. The first-order valence-electron chi connectivity index (χ1n) is 10.6. The van der Waals surface area contributed by atoms with Gasteiger partial charge in [0.15, 0.2) is 12.6 Å². The second-order valence-corrected chi connectivity index (χ2v) is 8.09. The van der Waals surface area contributed by atoms with Crippen molar-refractivity contribution in [2.75, 3.05) is 26.4 Å². The van der Waals surface area contributed by atoms with Crippen molar-refractivity contribution >= 4 is 0 Å². The van der Waals surface area contributed by atoms with Gasteiger partial charge in [0.2, 0.25) is 0 Å². The van der Waals surface area contributed by atoms with E-state index < -0.39 is 112 Å². The largest absolute Gasteiger partial charge is 0.394 e. The van der Waals surface area contributed by atoms with Crippen LogP contribution >= 0.6 is 0 Å². The van der Waals surface area contributed by atoms with E-state index in [1.165, 1.54) is 0 Å². The molecular weight excluding hydrogens is 488 g/mol. The van der Waals surface area contributed by atoms with Gasteiger partial charge in [0.1, 0.15) is 73.2 Å². The van der Waals surface area contributed by atoms with Gasteiger partial charge in [-0.1, -0.05) is 0 Å². The third-order valence-corrected chi connectivity index (χ3v) is 5.48. The van der Waals surface area contributed by atoms with E-state index in [0.29, 0.717) is 0 Å². The summed E-state index contributed by atoms with van der Waals surface area (Å²) in [5, 5.41) is 134. The van der Waals surface area contributed by atoms with E-state index in [4.69, 9.17) is 24.4 Å². The second kappa shape index (κ2) is 14.9. The van der Waals surface area contributed by atoms with Gasteiger partial charge in [-0.15, -0.1) is 0 Å². The molecule has 1 aliphatic heterocycles. The maximum Gasteiger partial charge on any atom is 0.184 e. The van der Waals surface area contributed by atoms with Crippen molar-refractivity contribution in [3.63, 3.8) is 0 Å². The van der Waals surface area contributed by atoms with Gasteiger partial charge >= 0.3 is 0 Å². The molecule has 1 heterocycles. The predicted octanol–water partition coefficient (Wildman–Crippen LogP) is -8.98. The van der Waals surface area contributed by atoms with E-state index in [1.54, 1.807) is 0 Å². The molecule has 17 nitrogen and oxygen atoms in total. The molecule has 1 saturated heterocycles. The van der Waals surface area contributed by atoms with Gasteiger partial charge in [-0.05, 0) is 0 Å². The molecule has 0 aromatic rings. The van der Waals surface area contributed by atoms with Gasteiger partial charge in [-0.3, -0.25) is 0 Å². The summed E-state index contributed by atoms with van der Waals surface area (Å²) in [6, 6.07) is 0. The Hall–Kier alpha value is -0.680. The molecule has 0 aromatic carbocycles. The SMILES string of the molecule is OC[C@@H](O)[C@@H](O)[C@H](O)[C@@H](O)C(O)OC[C@H]1OC[C@H](OC(O)[C@H](O)[C@@H](O)[C@H](O)[C@H](O)CO)[C@@H](O)[C@@H]1O. The zero-order valence-corrected chi connectivity index (χ0v) is 18.4. The third-order valence-electron chi connectivity index (χ3n) is 5.48. The van der Waals surface area contributed by atoms with Crippen molar-refractivity contribution in [3.05, 3.63) is 0 Å². The highest BCUT2D eigenvalue weighted by Gasteiger charge is 2.43. The number of rotatable bonds is 15. The van der Waals surface area contributed by atoms with Crippen molar-refractivity contribution in [2.24, 2.45) is 0 Å². The van der Waals surface area contributed by atoms with Crippen LogP contribution in [0.1, 0.15) is 0 Å².